The highest BCUT2D eigenvalue weighted by Gasteiger charge is 2.19. The predicted octanol–water partition coefficient (Wildman–Crippen LogP) is 2.31. The number of methoxy groups -OCH3 is 1. The molecule has 7 nitrogen and oxygen atoms in total. The van der Waals surface area contributed by atoms with Gasteiger partial charge in [-0.05, 0) is 37.8 Å². The third-order valence-electron chi connectivity index (χ3n) is 4.96. The minimum atomic E-state index is -0.128. The van der Waals surface area contributed by atoms with Gasteiger partial charge < -0.3 is 19.9 Å². The quantitative estimate of drug-likeness (QED) is 0.693. The molecule has 146 valence electrons. The van der Waals surface area contributed by atoms with Crippen molar-refractivity contribution in [2.45, 2.75) is 38.6 Å². The van der Waals surface area contributed by atoms with E-state index in [1.54, 1.807) is 13.3 Å². The Bertz CT molecular complexity index is 767. The molecule has 0 saturated carbocycles. The van der Waals surface area contributed by atoms with Crippen LogP contribution in [0.2, 0.25) is 0 Å². The van der Waals surface area contributed by atoms with Gasteiger partial charge in [-0.2, -0.15) is 0 Å². The van der Waals surface area contributed by atoms with E-state index in [9.17, 15) is 4.79 Å². The number of pyridine rings is 1. The lowest BCUT2D eigenvalue weighted by Gasteiger charge is -2.32. The molecule has 3 heterocycles. The first kappa shape index (κ1) is 19.5. The number of likely N-dealkylation sites (tertiary alicyclic amines) is 1. The number of nitrogens with zero attached hydrogens (tertiary/aromatic N) is 3. The van der Waals surface area contributed by atoms with Crippen LogP contribution in [-0.2, 0) is 11.2 Å². The summed E-state index contributed by atoms with van der Waals surface area (Å²) in [4.78, 5) is 26.0. The van der Waals surface area contributed by atoms with E-state index in [2.05, 4.69) is 25.2 Å². The lowest BCUT2D eigenvalue weighted by molar-refractivity contribution is 0.159. The minimum absolute atomic E-state index is 0.128. The summed E-state index contributed by atoms with van der Waals surface area (Å²) in [7, 11) is 1.75. The van der Waals surface area contributed by atoms with Crippen LogP contribution in [0.3, 0.4) is 0 Å². The molecule has 0 radical (unpaired) electrons. The molecule has 3 rings (SSSR count). The average Bonchev–Trinajstić information content (AvgIpc) is 2.69. The highest BCUT2D eigenvalue weighted by Crippen LogP contribution is 2.18. The molecule has 0 aromatic carbocycles. The second-order valence-corrected chi connectivity index (χ2v) is 6.98. The van der Waals surface area contributed by atoms with E-state index >= 15 is 0 Å². The van der Waals surface area contributed by atoms with Crippen molar-refractivity contribution in [2.75, 3.05) is 38.7 Å². The number of rotatable bonds is 8. The number of nitrogens with one attached hydrogen (secondary N) is 2. The summed E-state index contributed by atoms with van der Waals surface area (Å²) in [6, 6.07) is 5.89. The lowest BCUT2D eigenvalue weighted by atomic mass is 10.0. The summed E-state index contributed by atoms with van der Waals surface area (Å²) in [5, 5.41) is 3.53. The zero-order valence-electron chi connectivity index (χ0n) is 16.2. The first-order valence-corrected chi connectivity index (χ1v) is 9.72. The van der Waals surface area contributed by atoms with Crippen molar-refractivity contribution in [1.29, 1.82) is 0 Å². The third kappa shape index (κ3) is 5.61. The van der Waals surface area contributed by atoms with Crippen LogP contribution in [0.5, 0.6) is 0 Å². The fourth-order valence-electron chi connectivity index (χ4n) is 3.39. The van der Waals surface area contributed by atoms with Gasteiger partial charge in [0.15, 0.2) is 0 Å². The van der Waals surface area contributed by atoms with Gasteiger partial charge in [0.1, 0.15) is 11.6 Å². The van der Waals surface area contributed by atoms with Crippen molar-refractivity contribution in [2.24, 2.45) is 0 Å². The smallest absolute Gasteiger partial charge is 0.251 e. The molecule has 2 aromatic rings. The number of aromatic amines is 1. The fourth-order valence-corrected chi connectivity index (χ4v) is 3.39. The number of hydrogen-bond donors (Lipinski definition) is 2. The Morgan fingerprint density at radius 3 is 2.81 bits per heavy atom. The van der Waals surface area contributed by atoms with Crippen molar-refractivity contribution in [3.63, 3.8) is 0 Å². The molecule has 27 heavy (non-hydrogen) atoms. The first-order valence-electron chi connectivity index (χ1n) is 9.72. The van der Waals surface area contributed by atoms with Gasteiger partial charge in [0.05, 0.1) is 0 Å². The molecule has 1 fully saturated rings. The van der Waals surface area contributed by atoms with Gasteiger partial charge in [-0.3, -0.25) is 4.79 Å². The molecule has 0 spiro atoms. The Labute approximate surface area is 160 Å². The van der Waals surface area contributed by atoms with Gasteiger partial charge in [0.2, 0.25) is 0 Å². The van der Waals surface area contributed by atoms with Gasteiger partial charge in [-0.25, -0.2) is 9.97 Å². The molecule has 2 aromatic heterocycles. The zero-order chi connectivity index (χ0) is 19.1. The molecule has 1 saturated heterocycles. The van der Waals surface area contributed by atoms with Gasteiger partial charge in [0.25, 0.3) is 5.56 Å². The predicted molar refractivity (Wildman–Crippen MR) is 107 cm³/mol. The summed E-state index contributed by atoms with van der Waals surface area (Å²) in [6.07, 6.45) is 5.81. The zero-order valence-corrected chi connectivity index (χ0v) is 16.2. The first-order chi connectivity index (χ1) is 13.2. The normalized spacial score (nSPS) is 15.8. The fraction of sp³-hybridized carbons (Fsp3) is 0.550. The Kier molecular flexibility index (Phi) is 6.95. The van der Waals surface area contributed by atoms with Crippen LogP contribution in [0.25, 0.3) is 11.4 Å². The summed E-state index contributed by atoms with van der Waals surface area (Å²) in [5.74, 6) is 1.44. The van der Waals surface area contributed by atoms with E-state index in [1.165, 1.54) is 6.07 Å². The number of anilines is 1. The van der Waals surface area contributed by atoms with Crippen LogP contribution in [-0.4, -0.2) is 59.2 Å². The standard InChI is InChI=1S/C20H29N5O2/c1-3-16-13-19(26)24-20(23-16)15-5-6-18(21-14-15)22-17-7-10-25(11-8-17)9-4-12-27-2/h5-6,13-14,17H,3-4,7-12H2,1-2H3,(H,21,22)(H,23,24,26). The van der Waals surface area contributed by atoms with Crippen molar-refractivity contribution in [3.8, 4) is 11.4 Å². The number of H-pyrrole nitrogens is 1. The largest absolute Gasteiger partial charge is 0.385 e. The van der Waals surface area contributed by atoms with E-state index in [4.69, 9.17) is 4.74 Å². The third-order valence-corrected chi connectivity index (χ3v) is 4.96. The molecule has 2 N–H and O–H groups in total. The molecule has 0 amide bonds. The van der Waals surface area contributed by atoms with Gasteiger partial charge in [-0.1, -0.05) is 6.92 Å². The lowest BCUT2D eigenvalue weighted by Crippen LogP contribution is -2.39. The average molecular weight is 371 g/mol. The van der Waals surface area contributed by atoms with E-state index in [0.717, 1.165) is 69.0 Å². The monoisotopic (exact) mass is 371 g/mol. The molecule has 1 aliphatic rings. The van der Waals surface area contributed by atoms with Crippen LogP contribution in [0, 0.1) is 0 Å². The minimum Gasteiger partial charge on any atom is -0.385 e. The maximum absolute atomic E-state index is 11.7. The Balaban J connectivity index is 1.54. The van der Waals surface area contributed by atoms with Crippen LogP contribution >= 0.6 is 0 Å². The second kappa shape index (κ2) is 9.62. The van der Waals surface area contributed by atoms with Crippen molar-refractivity contribution < 1.29 is 4.74 Å². The molecule has 0 atom stereocenters. The highest BCUT2D eigenvalue weighted by atomic mass is 16.5. The topological polar surface area (TPSA) is 83.1 Å². The van der Waals surface area contributed by atoms with Gasteiger partial charge in [-0.15, -0.1) is 0 Å². The molecule has 1 aliphatic heterocycles. The summed E-state index contributed by atoms with van der Waals surface area (Å²) in [5.41, 5.74) is 1.48. The number of ether oxygens (including phenoxy) is 1. The van der Waals surface area contributed by atoms with E-state index in [0.29, 0.717) is 11.9 Å². The maximum Gasteiger partial charge on any atom is 0.251 e. The Morgan fingerprint density at radius 1 is 1.33 bits per heavy atom. The summed E-state index contributed by atoms with van der Waals surface area (Å²) in [6.45, 7) is 6.13. The van der Waals surface area contributed by atoms with Crippen LogP contribution in [0.4, 0.5) is 5.82 Å². The maximum atomic E-state index is 11.7. The molecule has 0 aliphatic carbocycles. The van der Waals surface area contributed by atoms with Crippen molar-refractivity contribution >= 4 is 5.82 Å². The van der Waals surface area contributed by atoms with Crippen LogP contribution in [0.1, 0.15) is 31.9 Å². The Hall–Kier alpha value is -2.25. The van der Waals surface area contributed by atoms with E-state index in [-0.39, 0.29) is 5.56 Å². The molecular formula is C20H29N5O2. The van der Waals surface area contributed by atoms with E-state index in [1.807, 2.05) is 19.1 Å². The van der Waals surface area contributed by atoms with E-state index < -0.39 is 0 Å². The number of piperidine rings is 1. The summed E-state index contributed by atoms with van der Waals surface area (Å²) >= 11 is 0. The number of hydrogen-bond acceptors (Lipinski definition) is 6. The van der Waals surface area contributed by atoms with Gasteiger partial charge in [0, 0.05) is 62.9 Å². The van der Waals surface area contributed by atoms with Gasteiger partial charge >= 0.3 is 0 Å². The Morgan fingerprint density at radius 2 is 2.15 bits per heavy atom. The second-order valence-electron chi connectivity index (χ2n) is 6.98. The van der Waals surface area contributed by atoms with Crippen molar-refractivity contribution in [1.82, 2.24) is 19.9 Å². The number of aromatic nitrogens is 3. The van der Waals surface area contributed by atoms with Crippen LogP contribution < -0.4 is 10.9 Å². The van der Waals surface area contributed by atoms with Crippen LogP contribution in [0.15, 0.2) is 29.2 Å². The summed E-state index contributed by atoms with van der Waals surface area (Å²) < 4.78 is 5.12. The molecule has 0 bridgehead atoms. The molecule has 0 unspecified atom stereocenters. The highest BCUT2D eigenvalue weighted by molar-refractivity contribution is 5.56. The van der Waals surface area contributed by atoms with Crippen molar-refractivity contribution in [3.05, 3.63) is 40.4 Å². The SMILES string of the molecule is CCc1cc(=O)[nH]c(-c2ccc(NC3CCN(CCCOC)CC3)nc2)n1. The molecular weight excluding hydrogens is 342 g/mol. The number of aryl methyl sites for hydroxylation is 1. The molecule has 7 heteroatoms.